The number of aliphatic hydroxyl groups excluding tert-OH is 1. The Morgan fingerprint density at radius 1 is 1.36 bits per heavy atom. The van der Waals surface area contributed by atoms with Gasteiger partial charge in [0.25, 0.3) is 5.91 Å². The molecule has 0 heterocycles. The highest BCUT2D eigenvalue weighted by molar-refractivity contribution is 6.12. The van der Waals surface area contributed by atoms with Crippen LogP contribution < -0.4 is 11.5 Å². The number of nitrogens with zero attached hydrogens (tertiary/aromatic N) is 1. The van der Waals surface area contributed by atoms with E-state index in [1.807, 2.05) is 0 Å². The van der Waals surface area contributed by atoms with E-state index in [4.69, 9.17) is 10.8 Å². The standard InChI is InChI=1S/C5H7N3O3/c6-4(10)3(2-9)1-8-5(7)11/h1-2,9H,(H2,6,10)(H2,7,11)/b3-2-,8-1-. The predicted octanol–water partition coefficient (Wildman–Crippen LogP) is -0.937. The Morgan fingerprint density at radius 2 is 1.91 bits per heavy atom. The maximum Gasteiger partial charge on any atom is 0.338 e. The van der Waals surface area contributed by atoms with Gasteiger partial charge in [-0.2, -0.15) is 0 Å². The zero-order valence-electron chi connectivity index (χ0n) is 5.52. The lowest BCUT2D eigenvalue weighted by molar-refractivity contribution is -0.114. The maximum atomic E-state index is 10.3. The van der Waals surface area contributed by atoms with E-state index in [0.717, 1.165) is 6.21 Å². The minimum Gasteiger partial charge on any atom is -0.515 e. The molecule has 5 N–H and O–H groups in total. The van der Waals surface area contributed by atoms with Gasteiger partial charge in [-0.15, -0.1) is 0 Å². The van der Waals surface area contributed by atoms with Crippen molar-refractivity contribution < 1.29 is 14.7 Å². The number of hydrogen-bond acceptors (Lipinski definition) is 3. The minimum absolute atomic E-state index is 0.288. The molecule has 0 atom stereocenters. The fraction of sp³-hybridized carbons (Fsp3) is 0. The van der Waals surface area contributed by atoms with Crippen molar-refractivity contribution in [2.24, 2.45) is 16.5 Å². The smallest absolute Gasteiger partial charge is 0.338 e. The number of aliphatic hydroxyl groups is 1. The lowest BCUT2D eigenvalue weighted by Crippen LogP contribution is -2.16. The van der Waals surface area contributed by atoms with Gasteiger partial charge in [0.1, 0.15) is 0 Å². The second-order valence-corrected chi connectivity index (χ2v) is 1.55. The number of rotatable bonds is 2. The first kappa shape index (κ1) is 9.15. The van der Waals surface area contributed by atoms with Crippen molar-refractivity contribution in [3.8, 4) is 0 Å². The normalized spacial score (nSPS) is 11.8. The van der Waals surface area contributed by atoms with Crippen molar-refractivity contribution in [3.05, 3.63) is 11.8 Å². The largest absolute Gasteiger partial charge is 0.515 e. The van der Waals surface area contributed by atoms with Crippen LogP contribution in [0.1, 0.15) is 0 Å². The molecule has 11 heavy (non-hydrogen) atoms. The second-order valence-electron chi connectivity index (χ2n) is 1.55. The van der Waals surface area contributed by atoms with Crippen molar-refractivity contribution in [1.29, 1.82) is 0 Å². The second kappa shape index (κ2) is 4.04. The third-order valence-corrected chi connectivity index (χ3v) is 0.754. The predicted molar refractivity (Wildman–Crippen MR) is 38.0 cm³/mol. The molecule has 0 bridgehead atoms. The third kappa shape index (κ3) is 3.68. The van der Waals surface area contributed by atoms with E-state index in [2.05, 4.69) is 10.7 Å². The summed E-state index contributed by atoms with van der Waals surface area (Å²) >= 11 is 0. The van der Waals surface area contributed by atoms with Gasteiger partial charge in [0.2, 0.25) is 0 Å². The molecule has 6 nitrogen and oxygen atoms in total. The molecule has 0 aliphatic rings. The molecule has 0 aromatic rings. The first-order valence-corrected chi connectivity index (χ1v) is 2.55. The monoisotopic (exact) mass is 157 g/mol. The van der Waals surface area contributed by atoms with E-state index >= 15 is 0 Å². The molecule has 60 valence electrons. The highest BCUT2D eigenvalue weighted by Crippen LogP contribution is 1.85. The summed E-state index contributed by atoms with van der Waals surface area (Å²) in [4.78, 5) is 23.3. The average Bonchev–Trinajstić information content (AvgIpc) is 1.87. The number of nitrogens with two attached hydrogens (primary N) is 2. The summed E-state index contributed by atoms with van der Waals surface area (Å²) in [6.07, 6.45) is 1.22. The summed E-state index contributed by atoms with van der Waals surface area (Å²) in [6.45, 7) is 0. The van der Waals surface area contributed by atoms with Gasteiger partial charge in [-0.1, -0.05) is 0 Å². The number of carbonyl (C=O) groups excluding carboxylic acids is 2. The van der Waals surface area contributed by atoms with E-state index < -0.39 is 11.9 Å². The van der Waals surface area contributed by atoms with Crippen LogP contribution in [0.2, 0.25) is 0 Å². The Morgan fingerprint density at radius 3 is 2.18 bits per heavy atom. The highest BCUT2D eigenvalue weighted by Gasteiger charge is 2.00. The molecule has 0 aliphatic heterocycles. The number of amides is 3. The molecule has 0 fully saturated rings. The maximum absolute atomic E-state index is 10.3. The van der Waals surface area contributed by atoms with Crippen molar-refractivity contribution >= 4 is 18.2 Å². The van der Waals surface area contributed by atoms with Crippen LogP contribution in [0.15, 0.2) is 16.8 Å². The van der Waals surface area contributed by atoms with Crippen molar-refractivity contribution in [2.75, 3.05) is 0 Å². The lowest BCUT2D eigenvalue weighted by atomic mass is 10.3. The number of carbonyl (C=O) groups is 2. The molecule has 0 aliphatic carbocycles. The van der Waals surface area contributed by atoms with Gasteiger partial charge in [0.15, 0.2) is 0 Å². The molecule has 0 saturated carbocycles. The Balaban J connectivity index is 4.34. The van der Waals surface area contributed by atoms with E-state index in [1.165, 1.54) is 0 Å². The van der Waals surface area contributed by atoms with E-state index in [0.29, 0.717) is 6.26 Å². The van der Waals surface area contributed by atoms with Gasteiger partial charge in [0.05, 0.1) is 11.8 Å². The highest BCUT2D eigenvalue weighted by atomic mass is 16.2. The van der Waals surface area contributed by atoms with Crippen LogP contribution in [-0.4, -0.2) is 23.3 Å². The molecule has 0 rings (SSSR count). The van der Waals surface area contributed by atoms with Crippen LogP contribution in [0, 0.1) is 0 Å². The summed E-state index contributed by atoms with van der Waals surface area (Å²) < 4.78 is 0. The van der Waals surface area contributed by atoms with Gasteiger partial charge in [-0.25, -0.2) is 9.79 Å². The van der Waals surface area contributed by atoms with Crippen molar-refractivity contribution in [1.82, 2.24) is 0 Å². The van der Waals surface area contributed by atoms with E-state index in [-0.39, 0.29) is 5.57 Å². The van der Waals surface area contributed by atoms with Crippen LogP contribution in [0.4, 0.5) is 4.79 Å². The first-order valence-electron chi connectivity index (χ1n) is 2.55. The van der Waals surface area contributed by atoms with E-state index in [1.54, 1.807) is 0 Å². The SMILES string of the molecule is NC(=O)/N=C\C(=C\O)C(N)=O. The first-order chi connectivity index (χ1) is 5.07. The van der Waals surface area contributed by atoms with Gasteiger partial charge < -0.3 is 16.6 Å². The van der Waals surface area contributed by atoms with Gasteiger partial charge in [-0.05, 0) is 0 Å². The summed E-state index contributed by atoms with van der Waals surface area (Å²) in [5, 5.41) is 8.30. The van der Waals surface area contributed by atoms with Crippen molar-refractivity contribution in [2.45, 2.75) is 0 Å². The van der Waals surface area contributed by atoms with Crippen LogP contribution in [0.5, 0.6) is 0 Å². The Hall–Kier alpha value is -1.85. The fourth-order valence-corrected chi connectivity index (χ4v) is 0.294. The Kier molecular flexibility index (Phi) is 3.36. The molecule has 0 radical (unpaired) electrons. The van der Waals surface area contributed by atoms with Crippen LogP contribution in [0.3, 0.4) is 0 Å². The zero-order valence-corrected chi connectivity index (χ0v) is 5.52. The Bertz CT molecular complexity index is 231. The molecular weight excluding hydrogens is 150 g/mol. The topological polar surface area (TPSA) is 119 Å². The molecule has 0 saturated heterocycles. The fourth-order valence-electron chi connectivity index (χ4n) is 0.294. The molecular formula is C5H7N3O3. The molecule has 0 spiro atoms. The van der Waals surface area contributed by atoms with Crippen LogP contribution in [-0.2, 0) is 4.79 Å². The summed E-state index contributed by atoms with van der Waals surface area (Å²) in [6, 6.07) is -0.967. The van der Waals surface area contributed by atoms with Gasteiger partial charge in [0, 0.05) is 6.21 Å². The molecule has 0 unspecified atom stereocenters. The van der Waals surface area contributed by atoms with Gasteiger partial charge >= 0.3 is 6.03 Å². The lowest BCUT2D eigenvalue weighted by Gasteiger charge is -1.89. The number of primary amides is 2. The number of urea groups is 1. The molecule has 6 heteroatoms. The average molecular weight is 157 g/mol. The third-order valence-electron chi connectivity index (χ3n) is 0.754. The Labute approximate surface area is 62.2 Å². The van der Waals surface area contributed by atoms with Crippen LogP contribution in [0.25, 0.3) is 0 Å². The molecule has 0 aromatic heterocycles. The minimum atomic E-state index is -0.967. The summed E-state index contributed by atoms with van der Waals surface area (Å²) in [5.41, 5.74) is 9.03. The molecule has 0 aromatic carbocycles. The summed E-state index contributed by atoms with van der Waals surface area (Å²) in [7, 11) is 0. The van der Waals surface area contributed by atoms with Gasteiger partial charge in [-0.3, -0.25) is 4.79 Å². The van der Waals surface area contributed by atoms with Crippen molar-refractivity contribution in [3.63, 3.8) is 0 Å². The quantitative estimate of drug-likeness (QED) is 0.272. The number of aliphatic imine (C=N–C) groups is 1. The summed E-state index contributed by atoms with van der Waals surface area (Å²) in [5.74, 6) is -0.891. The molecule has 3 amide bonds. The number of hydrogen-bond donors (Lipinski definition) is 3. The van der Waals surface area contributed by atoms with Crippen LogP contribution >= 0.6 is 0 Å². The van der Waals surface area contributed by atoms with E-state index in [9.17, 15) is 9.59 Å². The zero-order chi connectivity index (χ0) is 8.85.